The predicted octanol–water partition coefficient (Wildman–Crippen LogP) is 2.85. The third-order valence-corrected chi connectivity index (χ3v) is 2.57. The number of pyridine rings is 1. The van der Waals surface area contributed by atoms with Crippen molar-refractivity contribution in [2.24, 2.45) is 0 Å². The molecule has 0 aliphatic rings. The van der Waals surface area contributed by atoms with E-state index in [-0.39, 0.29) is 5.82 Å². The van der Waals surface area contributed by atoms with E-state index in [1.165, 1.54) is 17.7 Å². The summed E-state index contributed by atoms with van der Waals surface area (Å²) in [5, 5.41) is 0. The van der Waals surface area contributed by atoms with Crippen LogP contribution in [0.15, 0.2) is 48.8 Å². The zero-order valence-corrected chi connectivity index (χ0v) is 9.81. The number of aromatic nitrogens is 1. The molecule has 3 heteroatoms. The molecule has 0 bridgehead atoms. The van der Waals surface area contributed by atoms with Crippen molar-refractivity contribution in [3.63, 3.8) is 0 Å². The number of benzene rings is 1. The monoisotopic (exact) mass is 230 g/mol. The van der Waals surface area contributed by atoms with Gasteiger partial charge in [-0.3, -0.25) is 9.88 Å². The molecular formula is C14H15FN2. The molecule has 2 nitrogen and oxygen atoms in total. The summed E-state index contributed by atoms with van der Waals surface area (Å²) in [6.07, 6.45) is 3.59. The van der Waals surface area contributed by atoms with Gasteiger partial charge in [0.2, 0.25) is 0 Å². The van der Waals surface area contributed by atoms with Crippen LogP contribution in [0.4, 0.5) is 4.39 Å². The lowest BCUT2D eigenvalue weighted by atomic mass is 10.2. The van der Waals surface area contributed by atoms with Crippen LogP contribution in [-0.4, -0.2) is 16.9 Å². The van der Waals surface area contributed by atoms with Gasteiger partial charge in [0.05, 0.1) is 0 Å². The molecule has 88 valence electrons. The smallest absolute Gasteiger partial charge is 0.123 e. The fraction of sp³-hybridized carbons (Fsp3) is 0.214. The standard InChI is InChI=1S/C14H15FN2/c1-17(11-13-6-8-16-9-7-13)10-12-2-4-14(15)5-3-12/h2-9H,10-11H2,1H3. The number of hydrogen-bond donors (Lipinski definition) is 0. The Kier molecular flexibility index (Phi) is 3.83. The SMILES string of the molecule is CN(Cc1ccncc1)Cc1ccc(F)cc1. The van der Waals surface area contributed by atoms with E-state index in [1.54, 1.807) is 12.4 Å². The zero-order valence-electron chi connectivity index (χ0n) is 9.81. The van der Waals surface area contributed by atoms with Gasteiger partial charge in [-0.15, -0.1) is 0 Å². The Morgan fingerprint density at radius 3 is 2.06 bits per heavy atom. The minimum atomic E-state index is -0.189. The molecule has 0 unspecified atom stereocenters. The molecule has 0 radical (unpaired) electrons. The van der Waals surface area contributed by atoms with Gasteiger partial charge in [0.15, 0.2) is 0 Å². The van der Waals surface area contributed by atoms with Gasteiger partial charge in [-0.1, -0.05) is 12.1 Å². The molecule has 1 aromatic heterocycles. The predicted molar refractivity (Wildman–Crippen MR) is 65.8 cm³/mol. The molecule has 0 saturated heterocycles. The van der Waals surface area contributed by atoms with E-state index in [9.17, 15) is 4.39 Å². The molecule has 0 saturated carbocycles. The maximum Gasteiger partial charge on any atom is 0.123 e. The maximum absolute atomic E-state index is 12.8. The molecule has 1 heterocycles. The van der Waals surface area contributed by atoms with Crippen molar-refractivity contribution < 1.29 is 4.39 Å². The Morgan fingerprint density at radius 2 is 1.47 bits per heavy atom. The van der Waals surface area contributed by atoms with Gasteiger partial charge in [0, 0.05) is 25.5 Å². The third kappa shape index (κ3) is 3.64. The van der Waals surface area contributed by atoms with Crippen LogP contribution in [0.25, 0.3) is 0 Å². The maximum atomic E-state index is 12.8. The number of rotatable bonds is 4. The molecular weight excluding hydrogens is 215 g/mol. The van der Waals surface area contributed by atoms with Gasteiger partial charge < -0.3 is 0 Å². The second-order valence-electron chi connectivity index (χ2n) is 4.15. The van der Waals surface area contributed by atoms with Crippen LogP contribution in [0.2, 0.25) is 0 Å². The number of halogens is 1. The summed E-state index contributed by atoms with van der Waals surface area (Å²) in [5.41, 5.74) is 2.34. The van der Waals surface area contributed by atoms with E-state index in [4.69, 9.17) is 0 Å². The highest BCUT2D eigenvalue weighted by molar-refractivity contribution is 5.16. The zero-order chi connectivity index (χ0) is 12.1. The summed E-state index contributed by atoms with van der Waals surface area (Å²) in [5.74, 6) is -0.189. The molecule has 2 aromatic rings. The Labute approximate surface area is 101 Å². The summed E-state index contributed by atoms with van der Waals surface area (Å²) < 4.78 is 12.8. The first-order chi connectivity index (χ1) is 8.24. The molecule has 0 amide bonds. The van der Waals surface area contributed by atoms with E-state index < -0.39 is 0 Å². The largest absolute Gasteiger partial charge is 0.298 e. The van der Waals surface area contributed by atoms with E-state index in [1.807, 2.05) is 31.3 Å². The van der Waals surface area contributed by atoms with Gasteiger partial charge in [-0.25, -0.2) is 4.39 Å². The Bertz CT molecular complexity index is 453. The lowest BCUT2D eigenvalue weighted by molar-refractivity contribution is 0.319. The normalized spacial score (nSPS) is 10.8. The van der Waals surface area contributed by atoms with Crippen molar-refractivity contribution in [2.75, 3.05) is 7.05 Å². The van der Waals surface area contributed by atoms with Gasteiger partial charge in [0.1, 0.15) is 5.82 Å². The van der Waals surface area contributed by atoms with Crippen LogP contribution in [0.5, 0.6) is 0 Å². The van der Waals surface area contributed by atoms with Crippen molar-refractivity contribution in [3.05, 3.63) is 65.7 Å². The van der Waals surface area contributed by atoms with Crippen molar-refractivity contribution in [1.82, 2.24) is 9.88 Å². The minimum Gasteiger partial charge on any atom is -0.298 e. The van der Waals surface area contributed by atoms with Crippen LogP contribution < -0.4 is 0 Å². The van der Waals surface area contributed by atoms with Crippen LogP contribution in [0.3, 0.4) is 0 Å². The van der Waals surface area contributed by atoms with Crippen LogP contribution in [-0.2, 0) is 13.1 Å². The number of hydrogen-bond acceptors (Lipinski definition) is 2. The van der Waals surface area contributed by atoms with Gasteiger partial charge in [-0.2, -0.15) is 0 Å². The summed E-state index contributed by atoms with van der Waals surface area (Å²) in [6, 6.07) is 10.6. The second-order valence-corrected chi connectivity index (χ2v) is 4.15. The Morgan fingerprint density at radius 1 is 0.941 bits per heavy atom. The van der Waals surface area contributed by atoms with Crippen molar-refractivity contribution in [2.45, 2.75) is 13.1 Å². The lowest BCUT2D eigenvalue weighted by Gasteiger charge is -2.16. The van der Waals surface area contributed by atoms with Crippen molar-refractivity contribution in [1.29, 1.82) is 0 Å². The summed E-state index contributed by atoms with van der Waals surface area (Å²) in [6.45, 7) is 1.67. The quantitative estimate of drug-likeness (QED) is 0.803. The van der Waals surface area contributed by atoms with Gasteiger partial charge in [-0.05, 0) is 42.4 Å². The highest BCUT2D eigenvalue weighted by Gasteiger charge is 2.01. The fourth-order valence-corrected chi connectivity index (χ4v) is 1.76. The fourth-order valence-electron chi connectivity index (χ4n) is 1.76. The summed E-state index contributed by atoms with van der Waals surface area (Å²) in [4.78, 5) is 6.17. The average molecular weight is 230 g/mol. The molecule has 0 fully saturated rings. The molecule has 17 heavy (non-hydrogen) atoms. The lowest BCUT2D eigenvalue weighted by Crippen LogP contribution is -2.17. The minimum absolute atomic E-state index is 0.189. The Hall–Kier alpha value is -1.74. The summed E-state index contributed by atoms with van der Waals surface area (Å²) >= 11 is 0. The molecule has 1 aromatic carbocycles. The third-order valence-electron chi connectivity index (χ3n) is 2.57. The molecule has 0 spiro atoms. The second kappa shape index (κ2) is 5.55. The molecule has 0 N–H and O–H groups in total. The molecule has 0 atom stereocenters. The van der Waals surface area contributed by atoms with Crippen LogP contribution in [0.1, 0.15) is 11.1 Å². The van der Waals surface area contributed by atoms with Crippen molar-refractivity contribution >= 4 is 0 Å². The first kappa shape index (κ1) is 11.7. The van der Waals surface area contributed by atoms with E-state index in [0.29, 0.717) is 0 Å². The van der Waals surface area contributed by atoms with E-state index >= 15 is 0 Å². The van der Waals surface area contributed by atoms with Crippen LogP contribution in [0, 0.1) is 5.82 Å². The highest BCUT2D eigenvalue weighted by Crippen LogP contribution is 2.08. The first-order valence-electron chi connectivity index (χ1n) is 5.56. The Balaban J connectivity index is 1.93. The number of nitrogens with zero attached hydrogens (tertiary/aromatic N) is 2. The average Bonchev–Trinajstić information content (AvgIpc) is 2.33. The van der Waals surface area contributed by atoms with Gasteiger partial charge >= 0.3 is 0 Å². The van der Waals surface area contributed by atoms with Gasteiger partial charge in [0.25, 0.3) is 0 Å². The van der Waals surface area contributed by atoms with Crippen molar-refractivity contribution in [3.8, 4) is 0 Å². The summed E-state index contributed by atoms with van der Waals surface area (Å²) in [7, 11) is 2.05. The van der Waals surface area contributed by atoms with E-state index in [2.05, 4.69) is 9.88 Å². The van der Waals surface area contributed by atoms with E-state index in [0.717, 1.165) is 18.7 Å². The highest BCUT2D eigenvalue weighted by atomic mass is 19.1. The first-order valence-corrected chi connectivity index (χ1v) is 5.56. The molecule has 0 aliphatic carbocycles. The molecule has 2 rings (SSSR count). The molecule has 0 aliphatic heterocycles. The topological polar surface area (TPSA) is 16.1 Å². The van der Waals surface area contributed by atoms with Crippen LogP contribution >= 0.6 is 0 Å².